The smallest absolute Gasteiger partial charge is 0.434 e. The molecule has 0 N–H and O–H groups in total. The van der Waals surface area contributed by atoms with E-state index in [1.807, 2.05) is 27.7 Å². The van der Waals surface area contributed by atoms with Gasteiger partial charge in [0.1, 0.15) is 0 Å². The minimum absolute atomic E-state index is 0.198. The number of benzene rings is 2. The van der Waals surface area contributed by atoms with E-state index in [0.29, 0.717) is 31.3 Å². The maximum atomic E-state index is 12.1. The maximum Gasteiger partial charge on any atom is 0.434 e. The average molecular weight is 1330 g/mol. The minimum atomic E-state index is -5.80. The van der Waals surface area contributed by atoms with Crippen LogP contribution in [0.2, 0.25) is 0 Å². The zero-order valence-electron chi connectivity index (χ0n) is 59.0. The van der Waals surface area contributed by atoms with Gasteiger partial charge in [-0.3, -0.25) is 14.4 Å². The molecular weight excluding hydrogens is 1220 g/mol. The van der Waals surface area contributed by atoms with Crippen LogP contribution in [0.25, 0.3) is 0 Å². The Morgan fingerprint density at radius 3 is 0.780 bits per heavy atom. The van der Waals surface area contributed by atoms with Crippen molar-refractivity contribution in [2.24, 2.45) is 16.2 Å². The minimum Gasteiger partial charge on any atom is -0.453 e. The van der Waals surface area contributed by atoms with Gasteiger partial charge in [-0.2, -0.15) is 52.7 Å². The second kappa shape index (κ2) is 36.0. The van der Waals surface area contributed by atoms with E-state index in [0.717, 1.165) is 6.42 Å². The summed E-state index contributed by atoms with van der Waals surface area (Å²) in [5.74, 6) is -4.64. The summed E-state index contributed by atoms with van der Waals surface area (Å²) in [6, 6.07) is 14.4. The van der Waals surface area contributed by atoms with Gasteiger partial charge in [-0.25, -0.2) is 9.59 Å². The molecule has 530 valence electrons. The highest BCUT2D eigenvalue weighted by molar-refractivity contribution is 5.80. The third kappa shape index (κ3) is 34.1. The number of hydrogen-bond acceptors (Lipinski definition) is 11. The van der Waals surface area contributed by atoms with Crippen LogP contribution in [-0.4, -0.2) is 92.9 Å². The third-order valence-corrected chi connectivity index (χ3v) is 15.1. The monoisotopic (exact) mass is 1330 g/mol. The molecule has 3 unspecified atom stereocenters. The predicted octanol–water partition coefficient (Wildman–Crippen LogP) is 19.9. The number of alkyl halides is 12. The van der Waals surface area contributed by atoms with E-state index in [2.05, 4.69) is 166 Å². The van der Waals surface area contributed by atoms with E-state index in [4.69, 9.17) is 9.47 Å². The van der Waals surface area contributed by atoms with Gasteiger partial charge in [0.15, 0.2) is 19.5 Å². The number of halogens is 12. The topological polar surface area (TPSA) is 141 Å². The van der Waals surface area contributed by atoms with Gasteiger partial charge in [0, 0.05) is 6.61 Å². The molecule has 0 aliphatic carbocycles. The predicted molar refractivity (Wildman–Crippen MR) is 330 cm³/mol. The van der Waals surface area contributed by atoms with Crippen LogP contribution in [0.15, 0.2) is 36.4 Å². The Labute approximate surface area is 534 Å². The molecule has 0 spiro atoms. The molecule has 0 radical (unpaired) electrons. The van der Waals surface area contributed by atoms with E-state index in [9.17, 15) is 76.7 Å². The summed E-state index contributed by atoms with van der Waals surface area (Å²) in [4.78, 5) is 56.2. The first-order chi connectivity index (χ1) is 40.5. The van der Waals surface area contributed by atoms with Crippen molar-refractivity contribution in [3.05, 3.63) is 69.8 Å². The second-order valence-corrected chi connectivity index (χ2v) is 28.5. The van der Waals surface area contributed by atoms with Crippen LogP contribution in [0.1, 0.15) is 264 Å². The van der Waals surface area contributed by atoms with E-state index >= 15 is 0 Å². The molecule has 0 bridgehead atoms. The first kappa shape index (κ1) is 90.1. The van der Waals surface area contributed by atoms with Gasteiger partial charge in [-0.05, 0) is 154 Å². The maximum absolute atomic E-state index is 12.1. The number of esters is 5. The first-order valence-corrected chi connectivity index (χ1v) is 30.6. The van der Waals surface area contributed by atoms with Crippen molar-refractivity contribution in [3.63, 3.8) is 0 Å². The molecule has 23 heteroatoms. The quantitative estimate of drug-likeness (QED) is 0.0574. The highest BCUT2D eigenvalue weighted by atomic mass is 19.4. The summed E-state index contributed by atoms with van der Waals surface area (Å²) < 4.78 is 171. The van der Waals surface area contributed by atoms with Crippen molar-refractivity contribution in [1.82, 2.24) is 0 Å². The van der Waals surface area contributed by atoms with Crippen molar-refractivity contribution >= 4 is 29.8 Å². The summed E-state index contributed by atoms with van der Waals surface area (Å²) in [7, 11) is 0. The van der Waals surface area contributed by atoms with Gasteiger partial charge in [-0.15, -0.1) is 0 Å². The Morgan fingerprint density at radius 1 is 0.363 bits per heavy atom. The van der Waals surface area contributed by atoms with Crippen LogP contribution in [0.3, 0.4) is 0 Å². The molecular formula is C68H108F12O11. The lowest BCUT2D eigenvalue weighted by Gasteiger charge is -2.27. The lowest BCUT2D eigenvalue weighted by molar-refractivity contribution is -0.314. The molecule has 0 saturated heterocycles. The highest BCUT2D eigenvalue weighted by Gasteiger charge is 2.61. The Morgan fingerprint density at radius 2 is 0.593 bits per heavy atom. The summed E-state index contributed by atoms with van der Waals surface area (Å²) in [5.41, 5.74) is 7.29. The van der Waals surface area contributed by atoms with Crippen LogP contribution in [-0.2, 0) is 74.1 Å². The number of hydrogen-bond donors (Lipinski definition) is 0. The van der Waals surface area contributed by atoms with Crippen LogP contribution < -0.4 is 0 Å². The molecule has 0 saturated carbocycles. The molecule has 11 nitrogen and oxygen atoms in total. The number of ether oxygens (including phenoxy) is 6. The third-order valence-electron chi connectivity index (χ3n) is 15.1. The number of rotatable bonds is 19. The molecule has 91 heavy (non-hydrogen) atoms. The van der Waals surface area contributed by atoms with Gasteiger partial charge < -0.3 is 28.4 Å². The van der Waals surface area contributed by atoms with Crippen molar-refractivity contribution in [2.75, 3.05) is 19.8 Å². The fraction of sp³-hybridized carbons (Fsp3) is 0.750. The molecule has 0 aliphatic rings. The highest BCUT2D eigenvalue weighted by Crippen LogP contribution is 2.39. The lowest BCUT2D eigenvalue weighted by atomic mass is 9.78. The second-order valence-electron chi connectivity index (χ2n) is 28.5. The van der Waals surface area contributed by atoms with Crippen molar-refractivity contribution in [1.29, 1.82) is 0 Å². The van der Waals surface area contributed by atoms with Gasteiger partial charge >= 0.3 is 54.6 Å². The Kier molecular flexibility index (Phi) is 35.6. The zero-order chi connectivity index (χ0) is 72.9. The van der Waals surface area contributed by atoms with E-state index < -0.39 is 96.5 Å². The Hall–Kier alpha value is -5.09. The molecule has 0 aliphatic heterocycles. The van der Waals surface area contributed by atoms with E-state index in [1.165, 1.54) is 73.9 Å². The summed E-state index contributed by atoms with van der Waals surface area (Å²) in [6.07, 6.45) is -28.4. The van der Waals surface area contributed by atoms with Crippen LogP contribution in [0.4, 0.5) is 52.7 Å². The van der Waals surface area contributed by atoms with Gasteiger partial charge in [0.05, 0.1) is 16.2 Å². The fourth-order valence-corrected chi connectivity index (χ4v) is 6.70. The zero-order valence-corrected chi connectivity index (χ0v) is 59.0. The lowest BCUT2D eigenvalue weighted by Crippen LogP contribution is -2.46. The van der Waals surface area contributed by atoms with E-state index in [-0.39, 0.29) is 27.6 Å². The molecule has 2 rings (SSSR count). The molecule has 0 fully saturated rings. The number of carbonyl (C=O) groups excluding carboxylic acids is 5. The molecule has 0 amide bonds. The Balaban J connectivity index is -0.00000107. The normalized spacial score (nSPS) is 13.9. The van der Waals surface area contributed by atoms with Gasteiger partial charge in [0.25, 0.3) is 12.2 Å². The van der Waals surface area contributed by atoms with E-state index in [1.54, 1.807) is 20.8 Å². The molecule has 2 aromatic carbocycles. The van der Waals surface area contributed by atoms with Crippen molar-refractivity contribution in [2.45, 2.75) is 296 Å². The van der Waals surface area contributed by atoms with Crippen LogP contribution in [0, 0.1) is 16.2 Å². The molecule has 3 atom stereocenters. The Bertz CT molecular complexity index is 2300. The van der Waals surface area contributed by atoms with Crippen LogP contribution in [0.5, 0.6) is 0 Å². The summed E-state index contributed by atoms with van der Waals surface area (Å²) >= 11 is 0. The standard InChI is InChI=1S/2C18H30.2C11H14F6O4.C10H20O3/c2*1-9-13(2)14-10-15(17(3,4)5)12-16(11-14)18(6,7)8;2*1-4-9(2,3)8(19)20-5-6(18)21-7(10(12,13)14)11(15,16)17;1-6-10(4,5)9(11)13-8(3)12-7-2/h2*10-13H,9H2,1-8H3;2*7H,4-5H2,1-3H3;8H,6-7H2,1-5H3. The summed E-state index contributed by atoms with van der Waals surface area (Å²) in [6.45, 7) is 53.0. The molecule has 2 aromatic rings. The fourth-order valence-electron chi connectivity index (χ4n) is 6.70. The summed E-state index contributed by atoms with van der Waals surface area (Å²) in [5, 5.41) is 0. The molecule has 0 aromatic heterocycles. The van der Waals surface area contributed by atoms with Gasteiger partial charge in [0.2, 0.25) is 0 Å². The largest absolute Gasteiger partial charge is 0.453 e. The SMILES string of the molecule is CCC(C)(C)C(=O)OCC(=O)OC(C(F)(F)F)C(F)(F)F.CCC(C)(C)C(=O)OCC(=O)OC(C(F)(F)F)C(F)(F)F.CCC(C)c1cc(C(C)(C)C)cc(C(C)(C)C)c1.CCC(C)c1cc(C(C)(C)C)cc(C(C)(C)C)c1.CCOC(C)OC(=O)C(C)(C)CC. The van der Waals surface area contributed by atoms with Gasteiger partial charge in [-0.1, -0.05) is 168 Å². The van der Waals surface area contributed by atoms with Crippen LogP contribution >= 0.6 is 0 Å². The van der Waals surface area contributed by atoms with Crippen molar-refractivity contribution in [3.8, 4) is 0 Å². The molecule has 0 heterocycles. The number of carbonyl (C=O) groups is 5. The first-order valence-electron chi connectivity index (χ1n) is 30.6. The average Bonchev–Trinajstić information content (AvgIpc) is 0.834. The van der Waals surface area contributed by atoms with Crippen molar-refractivity contribution < 1.29 is 105 Å².